The zero-order valence-electron chi connectivity index (χ0n) is 11.0. The van der Waals surface area contributed by atoms with Gasteiger partial charge in [0.2, 0.25) is 0 Å². The SMILES string of the molecule is COc1[c]ccc(B2OC(C)(C)C(C)(C)O2)c1. The average molecular weight is 233 g/mol. The molecule has 0 unspecified atom stereocenters. The molecule has 4 heteroatoms. The van der Waals surface area contributed by atoms with Crippen molar-refractivity contribution in [3.8, 4) is 5.75 Å². The summed E-state index contributed by atoms with van der Waals surface area (Å²) in [7, 11) is 1.28. The van der Waals surface area contributed by atoms with Crippen LogP contribution in [0.4, 0.5) is 0 Å². The molecular formula is C13H18BO3. The van der Waals surface area contributed by atoms with Gasteiger partial charge in [-0.25, -0.2) is 0 Å². The van der Waals surface area contributed by atoms with Gasteiger partial charge in [0.15, 0.2) is 0 Å². The van der Waals surface area contributed by atoms with E-state index in [0.29, 0.717) is 5.75 Å². The molecule has 0 bridgehead atoms. The molecule has 1 aliphatic heterocycles. The van der Waals surface area contributed by atoms with Gasteiger partial charge in [0.1, 0.15) is 5.75 Å². The van der Waals surface area contributed by atoms with Gasteiger partial charge in [-0.05, 0) is 39.2 Å². The van der Waals surface area contributed by atoms with Gasteiger partial charge in [-0.2, -0.15) is 0 Å². The van der Waals surface area contributed by atoms with Crippen LogP contribution in [-0.2, 0) is 9.31 Å². The van der Waals surface area contributed by atoms with Crippen LogP contribution >= 0.6 is 0 Å². The average Bonchev–Trinajstić information content (AvgIpc) is 2.48. The third-order valence-electron chi connectivity index (χ3n) is 3.54. The van der Waals surface area contributed by atoms with E-state index in [1.54, 1.807) is 7.11 Å². The Morgan fingerprint density at radius 2 is 1.76 bits per heavy atom. The molecular weight excluding hydrogens is 215 g/mol. The number of hydrogen-bond acceptors (Lipinski definition) is 3. The van der Waals surface area contributed by atoms with Gasteiger partial charge in [-0.15, -0.1) is 0 Å². The summed E-state index contributed by atoms with van der Waals surface area (Å²) in [5.74, 6) is 0.692. The van der Waals surface area contributed by atoms with Crippen molar-refractivity contribution < 1.29 is 14.0 Å². The highest BCUT2D eigenvalue weighted by Gasteiger charge is 2.51. The highest BCUT2D eigenvalue weighted by atomic mass is 16.7. The topological polar surface area (TPSA) is 27.7 Å². The van der Waals surface area contributed by atoms with E-state index in [1.807, 2.05) is 45.9 Å². The van der Waals surface area contributed by atoms with Crippen LogP contribution in [0.25, 0.3) is 0 Å². The molecule has 1 saturated heterocycles. The van der Waals surface area contributed by atoms with Crippen LogP contribution in [0.2, 0.25) is 0 Å². The molecule has 0 amide bonds. The van der Waals surface area contributed by atoms with Crippen molar-refractivity contribution in [2.45, 2.75) is 38.9 Å². The molecule has 91 valence electrons. The van der Waals surface area contributed by atoms with Gasteiger partial charge in [-0.3, -0.25) is 0 Å². The number of benzene rings is 1. The van der Waals surface area contributed by atoms with Crippen molar-refractivity contribution in [3.05, 3.63) is 24.3 Å². The lowest BCUT2D eigenvalue weighted by atomic mass is 9.79. The molecule has 0 spiro atoms. The smallest absolute Gasteiger partial charge is 0.494 e. The lowest BCUT2D eigenvalue weighted by Gasteiger charge is -2.32. The predicted molar refractivity (Wildman–Crippen MR) is 67.5 cm³/mol. The maximum absolute atomic E-state index is 5.96. The fourth-order valence-electron chi connectivity index (χ4n) is 1.70. The van der Waals surface area contributed by atoms with Crippen LogP contribution in [0, 0.1) is 6.07 Å². The Morgan fingerprint density at radius 1 is 1.18 bits per heavy atom. The molecule has 1 heterocycles. The predicted octanol–water partition coefficient (Wildman–Crippen LogP) is 1.79. The largest absolute Gasteiger partial charge is 0.496 e. The second-order valence-electron chi connectivity index (χ2n) is 5.28. The summed E-state index contributed by atoms with van der Waals surface area (Å²) < 4.78 is 17.1. The summed E-state index contributed by atoms with van der Waals surface area (Å²) >= 11 is 0. The second kappa shape index (κ2) is 4.04. The van der Waals surface area contributed by atoms with Gasteiger partial charge in [0.25, 0.3) is 0 Å². The molecule has 0 aromatic heterocycles. The third-order valence-corrected chi connectivity index (χ3v) is 3.54. The summed E-state index contributed by atoms with van der Waals surface area (Å²) in [6.07, 6.45) is 0. The molecule has 2 rings (SSSR count). The van der Waals surface area contributed by atoms with E-state index in [-0.39, 0.29) is 18.3 Å². The van der Waals surface area contributed by atoms with Crippen molar-refractivity contribution in [2.75, 3.05) is 7.11 Å². The Labute approximate surface area is 103 Å². The lowest BCUT2D eigenvalue weighted by molar-refractivity contribution is 0.00578. The highest BCUT2D eigenvalue weighted by Crippen LogP contribution is 2.36. The van der Waals surface area contributed by atoms with Crippen molar-refractivity contribution in [2.24, 2.45) is 0 Å². The number of hydrogen-bond donors (Lipinski definition) is 0. The van der Waals surface area contributed by atoms with Crippen LogP contribution in [-0.4, -0.2) is 25.4 Å². The van der Waals surface area contributed by atoms with E-state index >= 15 is 0 Å². The minimum absolute atomic E-state index is 0.315. The van der Waals surface area contributed by atoms with Crippen molar-refractivity contribution >= 4 is 12.6 Å². The molecule has 0 N–H and O–H groups in total. The molecule has 1 aromatic carbocycles. The van der Waals surface area contributed by atoms with Crippen LogP contribution in [0.3, 0.4) is 0 Å². The fraction of sp³-hybridized carbons (Fsp3) is 0.538. The van der Waals surface area contributed by atoms with E-state index in [9.17, 15) is 0 Å². The van der Waals surface area contributed by atoms with Gasteiger partial charge in [0.05, 0.1) is 18.3 Å². The van der Waals surface area contributed by atoms with Crippen LogP contribution < -0.4 is 10.2 Å². The van der Waals surface area contributed by atoms with Crippen molar-refractivity contribution in [3.63, 3.8) is 0 Å². The standard InChI is InChI=1S/C13H18BO3/c1-12(2)13(3,4)17-14(16-12)10-7-6-8-11(9-10)15-5/h6-7,9H,1-5H3. The molecule has 0 saturated carbocycles. The minimum Gasteiger partial charge on any atom is -0.496 e. The van der Waals surface area contributed by atoms with E-state index in [0.717, 1.165) is 5.46 Å². The monoisotopic (exact) mass is 233 g/mol. The van der Waals surface area contributed by atoms with Gasteiger partial charge >= 0.3 is 7.12 Å². The lowest BCUT2D eigenvalue weighted by Crippen LogP contribution is -2.41. The Kier molecular flexibility index (Phi) is 2.96. The normalized spacial score (nSPS) is 21.6. The molecule has 1 aromatic rings. The van der Waals surface area contributed by atoms with E-state index in [1.165, 1.54) is 0 Å². The first kappa shape index (κ1) is 12.5. The first-order chi connectivity index (χ1) is 7.86. The van der Waals surface area contributed by atoms with E-state index in [4.69, 9.17) is 14.0 Å². The maximum atomic E-state index is 5.96. The Balaban J connectivity index is 2.25. The summed E-state index contributed by atoms with van der Waals surface area (Å²) in [4.78, 5) is 0. The van der Waals surface area contributed by atoms with Gasteiger partial charge in [0, 0.05) is 6.07 Å². The van der Waals surface area contributed by atoms with Crippen molar-refractivity contribution in [1.82, 2.24) is 0 Å². The quantitative estimate of drug-likeness (QED) is 0.729. The Morgan fingerprint density at radius 3 is 2.29 bits per heavy atom. The number of rotatable bonds is 2. The number of ether oxygens (including phenoxy) is 1. The summed E-state index contributed by atoms with van der Waals surface area (Å²) in [5.41, 5.74) is 0.328. The summed E-state index contributed by atoms with van der Waals surface area (Å²) in [6, 6.07) is 8.63. The second-order valence-corrected chi connectivity index (χ2v) is 5.28. The highest BCUT2D eigenvalue weighted by molar-refractivity contribution is 6.62. The van der Waals surface area contributed by atoms with Gasteiger partial charge < -0.3 is 14.0 Å². The molecule has 3 nitrogen and oxygen atoms in total. The maximum Gasteiger partial charge on any atom is 0.494 e. The Hall–Kier alpha value is -0.995. The zero-order chi connectivity index (χ0) is 12.7. The molecule has 1 aliphatic rings. The minimum atomic E-state index is -0.344. The van der Waals surface area contributed by atoms with E-state index in [2.05, 4.69) is 6.07 Å². The first-order valence-electron chi connectivity index (χ1n) is 5.77. The van der Waals surface area contributed by atoms with Crippen LogP contribution in [0.15, 0.2) is 18.2 Å². The Bertz CT molecular complexity index is 399. The molecule has 1 fully saturated rings. The third kappa shape index (κ3) is 2.19. The first-order valence-corrected chi connectivity index (χ1v) is 5.77. The molecule has 1 radical (unpaired) electrons. The summed E-state index contributed by atoms with van der Waals surface area (Å²) in [6.45, 7) is 8.16. The summed E-state index contributed by atoms with van der Waals surface area (Å²) in [5, 5.41) is 0. The van der Waals surface area contributed by atoms with E-state index < -0.39 is 0 Å². The zero-order valence-corrected chi connectivity index (χ0v) is 11.0. The molecule has 17 heavy (non-hydrogen) atoms. The molecule has 0 aliphatic carbocycles. The molecule has 0 atom stereocenters. The van der Waals surface area contributed by atoms with Crippen molar-refractivity contribution in [1.29, 1.82) is 0 Å². The van der Waals surface area contributed by atoms with Gasteiger partial charge in [-0.1, -0.05) is 12.1 Å². The fourth-order valence-corrected chi connectivity index (χ4v) is 1.70. The number of methoxy groups -OCH3 is 1. The van der Waals surface area contributed by atoms with Crippen LogP contribution in [0.5, 0.6) is 5.75 Å². The van der Waals surface area contributed by atoms with Crippen LogP contribution in [0.1, 0.15) is 27.7 Å².